The van der Waals surface area contributed by atoms with Crippen LogP contribution in [0.1, 0.15) is 19.4 Å². The fourth-order valence-corrected chi connectivity index (χ4v) is 1.91. The Balaban J connectivity index is 3.33. The van der Waals surface area contributed by atoms with Crippen molar-refractivity contribution in [2.24, 2.45) is 4.99 Å². The van der Waals surface area contributed by atoms with Gasteiger partial charge in [0.1, 0.15) is 5.75 Å². The number of benzene rings is 1. The largest absolute Gasteiger partial charge is 0.496 e. The Labute approximate surface area is 99.9 Å². The zero-order valence-electron chi connectivity index (χ0n) is 9.90. The van der Waals surface area contributed by atoms with Crippen LogP contribution in [0.5, 0.6) is 5.75 Å². The summed E-state index contributed by atoms with van der Waals surface area (Å²) in [6.07, 6.45) is 3.61. The van der Waals surface area contributed by atoms with E-state index in [1.54, 1.807) is 25.0 Å². The first-order chi connectivity index (χ1) is 7.55. The molecular weight excluding hydrogens is 222 g/mol. The van der Waals surface area contributed by atoms with Crippen LogP contribution in [0.15, 0.2) is 28.1 Å². The first-order valence-electron chi connectivity index (χ1n) is 4.86. The molecule has 0 radical (unpaired) electrons. The molecule has 86 valence electrons. The molecule has 0 N–H and O–H groups in total. The van der Waals surface area contributed by atoms with Gasteiger partial charge in [-0.15, -0.1) is 11.8 Å². The molecule has 16 heavy (non-hydrogen) atoms. The number of hydrogen-bond acceptors (Lipinski definition) is 4. The molecule has 0 saturated carbocycles. The normalized spacial score (nSPS) is 10.8. The second-order valence-corrected chi connectivity index (χ2v) is 4.71. The third-order valence-electron chi connectivity index (χ3n) is 2.39. The summed E-state index contributed by atoms with van der Waals surface area (Å²) in [5.41, 5.74) is 0.281. The van der Waals surface area contributed by atoms with Gasteiger partial charge >= 0.3 is 0 Å². The van der Waals surface area contributed by atoms with Crippen molar-refractivity contribution in [2.75, 3.05) is 13.4 Å². The predicted octanol–water partition coefficient (Wildman–Crippen LogP) is 2.99. The van der Waals surface area contributed by atoms with Gasteiger partial charge in [0, 0.05) is 10.5 Å². The van der Waals surface area contributed by atoms with Crippen LogP contribution in [0.2, 0.25) is 0 Å². The highest BCUT2D eigenvalue weighted by molar-refractivity contribution is 7.98. The first kappa shape index (κ1) is 12.8. The Morgan fingerprint density at radius 1 is 1.44 bits per heavy atom. The van der Waals surface area contributed by atoms with Crippen LogP contribution in [0.3, 0.4) is 0 Å². The minimum absolute atomic E-state index is 0.612. The molecule has 0 bridgehead atoms. The third kappa shape index (κ3) is 2.65. The predicted molar refractivity (Wildman–Crippen MR) is 65.9 cm³/mol. The molecule has 0 aliphatic rings. The van der Waals surface area contributed by atoms with Gasteiger partial charge in [0.15, 0.2) is 0 Å². The summed E-state index contributed by atoms with van der Waals surface area (Å²) in [5, 5.41) is 0. The van der Waals surface area contributed by atoms with Crippen LogP contribution in [-0.2, 0) is 10.3 Å². The Hall–Kier alpha value is -1.25. The van der Waals surface area contributed by atoms with E-state index < -0.39 is 5.54 Å². The van der Waals surface area contributed by atoms with Gasteiger partial charge in [0.2, 0.25) is 6.08 Å². The lowest BCUT2D eigenvalue weighted by Crippen LogP contribution is -2.15. The third-order valence-corrected chi connectivity index (χ3v) is 3.12. The Morgan fingerprint density at radius 2 is 2.12 bits per heavy atom. The van der Waals surface area contributed by atoms with Crippen molar-refractivity contribution in [3.63, 3.8) is 0 Å². The van der Waals surface area contributed by atoms with Gasteiger partial charge in [-0.1, -0.05) is 0 Å². The lowest BCUT2D eigenvalue weighted by Gasteiger charge is -2.21. The number of methoxy groups -OCH3 is 1. The maximum Gasteiger partial charge on any atom is 0.235 e. The molecule has 0 aromatic heterocycles. The number of rotatable bonds is 4. The SMILES string of the molecule is COc1ccc(SC)cc1C(C)(C)N=C=O. The molecule has 0 saturated heterocycles. The molecule has 0 spiro atoms. The van der Waals surface area contributed by atoms with Crippen molar-refractivity contribution in [1.82, 2.24) is 0 Å². The lowest BCUT2D eigenvalue weighted by molar-refractivity contribution is 0.394. The number of ether oxygens (including phenoxy) is 1. The Morgan fingerprint density at radius 3 is 2.62 bits per heavy atom. The summed E-state index contributed by atoms with van der Waals surface area (Å²) in [7, 11) is 1.61. The number of thioether (sulfide) groups is 1. The fourth-order valence-electron chi connectivity index (χ4n) is 1.47. The second kappa shape index (κ2) is 5.19. The Kier molecular flexibility index (Phi) is 4.16. The van der Waals surface area contributed by atoms with E-state index in [9.17, 15) is 4.79 Å². The maximum absolute atomic E-state index is 10.4. The molecule has 0 aliphatic heterocycles. The van der Waals surface area contributed by atoms with Crippen molar-refractivity contribution < 1.29 is 9.53 Å². The van der Waals surface area contributed by atoms with Crippen LogP contribution >= 0.6 is 11.8 Å². The van der Waals surface area contributed by atoms with Crippen LogP contribution in [0.4, 0.5) is 0 Å². The summed E-state index contributed by atoms with van der Waals surface area (Å²) in [5.74, 6) is 0.738. The van der Waals surface area contributed by atoms with E-state index in [0.717, 1.165) is 16.2 Å². The smallest absolute Gasteiger partial charge is 0.235 e. The first-order valence-corrected chi connectivity index (χ1v) is 6.09. The number of aliphatic imine (C=N–C) groups is 1. The molecule has 0 aliphatic carbocycles. The van der Waals surface area contributed by atoms with Gasteiger partial charge in [-0.25, -0.2) is 4.79 Å². The quantitative estimate of drug-likeness (QED) is 0.459. The average molecular weight is 237 g/mol. The molecule has 1 aromatic rings. The highest BCUT2D eigenvalue weighted by Gasteiger charge is 2.24. The van der Waals surface area contributed by atoms with Gasteiger partial charge in [0.05, 0.1) is 12.6 Å². The van der Waals surface area contributed by atoms with Gasteiger partial charge in [-0.05, 0) is 38.3 Å². The molecule has 4 heteroatoms. The number of isocyanates is 1. The molecule has 3 nitrogen and oxygen atoms in total. The van der Waals surface area contributed by atoms with Gasteiger partial charge in [-0.2, -0.15) is 4.99 Å². The zero-order valence-corrected chi connectivity index (χ0v) is 10.7. The molecule has 1 aromatic carbocycles. The van der Waals surface area contributed by atoms with E-state index in [-0.39, 0.29) is 0 Å². The molecule has 0 atom stereocenters. The minimum Gasteiger partial charge on any atom is -0.496 e. The van der Waals surface area contributed by atoms with Gasteiger partial charge in [-0.3, -0.25) is 0 Å². The minimum atomic E-state index is -0.612. The van der Waals surface area contributed by atoms with Crippen LogP contribution in [0, 0.1) is 0 Å². The van der Waals surface area contributed by atoms with Gasteiger partial charge in [0.25, 0.3) is 0 Å². The Bertz CT molecular complexity index is 423. The van der Waals surface area contributed by atoms with E-state index in [1.165, 1.54) is 0 Å². The summed E-state index contributed by atoms with van der Waals surface area (Å²) in [6, 6.07) is 5.86. The van der Waals surface area contributed by atoms with Crippen molar-refractivity contribution in [3.8, 4) is 5.75 Å². The molecule has 0 fully saturated rings. The summed E-state index contributed by atoms with van der Waals surface area (Å²) < 4.78 is 5.28. The number of nitrogens with zero attached hydrogens (tertiary/aromatic N) is 1. The van der Waals surface area contributed by atoms with Crippen molar-refractivity contribution >= 4 is 17.8 Å². The summed E-state index contributed by atoms with van der Waals surface area (Å²) in [4.78, 5) is 15.3. The number of carbonyl (C=O) groups excluding carboxylic acids is 1. The number of hydrogen-bond donors (Lipinski definition) is 0. The van der Waals surface area contributed by atoms with Crippen molar-refractivity contribution in [1.29, 1.82) is 0 Å². The maximum atomic E-state index is 10.4. The van der Waals surface area contributed by atoms with Crippen LogP contribution < -0.4 is 4.74 Å². The summed E-state index contributed by atoms with van der Waals surface area (Å²) >= 11 is 1.64. The molecule has 0 unspecified atom stereocenters. The second-order valence-electron chi connectivity index (χ2n) is 3.83. The van der Waals surface area contributed by atoms with Gasteiger partial charge < -0.3 is 4.74 Å². The molecule has 0 amide bonds. The standard InChI is InChI=1S/C12H15NO2S/c1-12(2,13-8-14)10-7-9(16-4)5-6-11(10)15-3/h5-7H,1-4H3. The lowest BCUT2D eigenvalue weighted by atomic mass is 9.94. The highest BCUT2D eigenvalue weighted by atomic mass is 32.2. The van der Waals surface area contributed by atoms with Crippen molar-refractivity contribution in [3.05, 3.63) is 23.8 Å². The van der Waals surface area contributed by atoms with Crippen LogP contribution in [-0.4, -0.2) is 19.4 Å². The summed E-state index contributed by atoms with van der Waals surface area (Å²) in [6.45, 7) is 3.72. The molecular formula is C12H15NO2S. The van der Waals surface area contributed by atoms with E-state index >= 15 is 0 Å². The van der Waals surface area contributed by atoms with Crippen LogP contribution in [0.25, 0.3) is 0 Å². The van der Waals surface area contributed by atoms with E-state index in [1.807, 2.05) is 38.3 Å². The monoisotopic (exact) mass is 237 g/mol. The highest BCUT2D eigenvalue weighted by Crippen LogP contribution is 2.35. The van der Waals surface area contributed by atoms with E-state index in [4.69, 9.17) is 4.74 Å². The van der Waals surface area contributed by atoms with E-state index in [0.29, 0.717) is 0 Å². The zero-order chi connectivity index (χ0) is 12.2. The fraction of sp³-hybridized carbons (Fsp3) is 0.417. The average Bonchev–Trinajstić information content (AvgIpc) is 2.28. The molecule has 1 rings (SSSR count). The topological polar surface area (TPSA) is 38.7 Å². The van der Waals surface area contributed by atoms with Crippen molar-refractivity contribution in [2.45, 2.75) is 24.3 Å². The molecule has 0 heterocycles. The van der Waals surface area contributed by atoms with E-state index in [2.05, 4.69) is 4.99 Å².